The van der Waals surface area contributed by atoms with Crippen LogP contribution >= 0.6 is 0 Å². The molecule has 25 heavy (non-hydrogen) atoms. The second-order valence-corrected chi connectivity index (χ2v) is 7.44. The van der Waals surface area contributed by atoms with Gasteiger partial charge in [-0.2, -0.15) is 0 Å². The molecule has 0 spiro atoms. The van der Waals surface area contributed by atoms with E-state index in [1.54, 1.807) is 17.1 Å². The highest BCUT2D eigenvalue weighted by atomic mass is 16.6. The standard InChI is InChI=1S/C18H27N5O2/c1-13(7-9-17(24)25-18(2,3)4)6-8-14-10-20-15(11-19-14)16-12-23(5)22-21-16/h10-13H,6-9H2,1-5H3. The molecule has 2 rings (SSSR count). The zero-order valence-electron chi connectivity index (χ0n) is 15.7. The molecule has 0 amide bonds. The molecule has 0 aliphatic rings. The number of nitrogens with zero attached hydrogens (tertiary/aromatic N) is 5. The molecule has 0 fully saturated rings. The van der Waals surface area contributed by atoms with Crippen LogP contribution < -0.4 is 0 Å². The van der Waals surface area contributed by atoms with Crippen LogP contribution in [0.3, 0.4) is 0 Å². The average molecular weight is 345 g/mol. The molecule has 0 saturated heterocycles. The van der Waals surface area contributed by atoms with E-state index in [4.69, 9.17) is 4.74 Å². The van der Waals surface area contributed by atoms with Crippen LogP contribution in [0.2, 0.25) is 0 Å². The van der Waals surface area contributed by atoms with Gasteiger partial charge in [-0.15, -0.1) is 5.10 Å². The topological polar surface area (TPSA) is 82.8 Å². The maximum absolute atomic E-state index is 11.8. The van der Waals surface area contributed by atoms with Gasteiger partial charge in [-0.05, 0) is 46.0 Å². The Morgan fingerprint density at radius 2 is 1.96 bits per heavy atom. The first-order chi connectivity index (χ1) is 11.7. The normalized spacial score (nSPS) is 12.8. The van der Waals surface area contributed by atoms with E-state index >= 15 is 0 Å². The number of aryl methyl sites for hydroxylation is 2. The third-order valence-corrected chi connectivity index (χ3v) is 3.72. The highest BCUT2D eigenvalue weighted by Gasteiger charge is 2.17. The third kappa shape index (κ3) is 6.60. The Morgan fingerprint density at radius 1 is 1.20 bits per heavy atom. The van der Waals surface area contributed by atoms with Gasteiger partial charge in [0, 0.05) is 19.7 Å². The Hall–Kier alpha value is -2.31. The van der Waals surface area contributed by atoms with Crippen molar-refractivity contribution in [3.63, 3.8) is 0 Å². The molecule has 0 radical (unpaired) electrons. The molecule has 1 unspecified atom stereocenters. The van der Waals surface area contributed by atoms with Crippen LogP contribution in [-0.4, -0.2) is 36.5 Å². The first-order valence-electron chi connectivity index (χ1n) is 8.62. The molecule has 0 aromatic carbocycles. The summed E-state index contributed by atoms with van der Waals surface area (Å²) in [5, 5.41) is 7.92. The van der Waals surface area contributed by atoms with Gasteiger partial charge in [-0.25, -0.2) is 0 Å². The fourth-order valence-electron chi connectivity index (χ4n) is 2.38. The van der Waals surface area contributed by atoms with E-state index in [-0.39, 0.29) is 5.97 Å². The van der Waals surface area contributed by atoms with Gasteiger partial charge in [0.25, 0.3) is 0 Å². The largest absolute Gasteiger partial charge is 0.460 e. The molecular formula is C18H27N5O2. The minimum Gasteiger partial charge on any atom is -0.460 e. The SMILES string of the molecule is CC(CCC(=O)OC(C)(C)C)CCc1cnc(-c2cn(C)nn2)cn1. The third-order valence-electron chi connectivity index (χ3n) is 3.72. The molecule has 0 aliphatic carbocycles. The molecule has 1 atom stereocenters. The summed E-state index contributed by atoms with van der Waals surface area (Å²) in [4.78, 5) is 20.6. The monoisotopic (exact) mass is 345 g/mol. The van der Waals surface area contributed by atoms with Gasteiger partial charge < -0.3 is 4.74 Å². The second kappa shape index (κ2) is 8.18. The minimum atomic E-state index is -0.416. The van der Waals surface area contributed by atoms with Crippen molar-refractivity contribution >= 4 is 5.97 Å². The van der Waals surface area contributed by atoms with Crippen LogP contribution in [0.1, 0.15) is 52.7 Å². The van der Waals surface area contributed by atoms with Gasteiger partial charge in [-0.3, -0.25) is 19.4 Å². The lowest BCUT2D eigenvalue weighted by Gasteiger charge is -2.20. The fraction of sp³-hybridized carbons (Fsp3) is 0.611. The van der Waals surface area contributed by atoms with Crippen molar-refractivity contribution < 1.29 is 9.53 Å². The van der Waals surface area contributed by atoms with Gasteiger partial charge in [0.05, 0.1) is 18.1 Å². The number of hydrogen-bond donors (Lipinski definition) is 0. The van der Waals surface area contributed by atoms with Crippen LogP contribution in [0.4, 0.5) is 0 Å². The van der Waals surface area contributed by atoms with Gasteiger partial charge in [0.2, 0.25) is 0 Å². The van der Waals surface area contributed by atoms with Crippen molar-refractivity contribution in [2.24, 2.45) is 13.0 Å². The van der Waals surface area contributed by atoms with Crippen LogP contribution in [0.15, 0.2) is 18.6 Å². The number of rotatable bonds is 7. The second-order valence-electron chi connectivity index (χ2n) is 7.44. The summed E-state index contributed by atoms with van der Waals surface area (Å²) in [6.07, 6.45) is 8.39. The smallest absolute Gasteiger partial charge is 0.306 e. The van der Waals surface area contributed by atoms with E-state index in [0.29, 0.717) is 18.0 Å². The number of ether oxygens (including phenoxy) is 1. The lowest BCUT2D eigenvalue weighted by Crippen LogP contribution is -2.24. The van der Waals surface area contributed by atoms with E-state index in [0.717, 1.165) is 30.7 Å². The van der Waals surface area contributed by atoms with Crippen molar-refractivity contribution in [1.82, 2.24) is 25.0 Å². The molecule has 0 aliphatic heterocycles. The Morgan fingerprint density at radius 3 is 2.52 bits per heavy atom. The predicted octanol–water partition coefficient (Wildman–Crippen LogP) is 2.96. The summed E-state index contributed by atoms with van der Waals surface area (Å²) in [6, 6.07) is 0. The zero-order chi connectivity index (χ0) is 18.4. The summed E-state index contributed by atoms with van der Waals surface area (Å²) in [7, 11) is 1.82. The molecule has 7 heteroatoms. The van der Waals surface area contributed by atoms with Crippen LogP contribution in [0.25, 0.3) is 11.4 Å². The number of esters is 1. The molecule has 2 aromatic heterocycles. The van der Waals surface area contributed by atoms with Gasteiger partial charge in [-0.1, -0.05) is 12.1 Å². The molecule has 0 saturated carbocycles. The lowest BCUT2D eigenvalue weighted by atomic mass is 9.99. The fourth-order valence-corrected chi connectivity index (χ4v) is 2.38. The maximum atomic E-state index is 11.8. The zero-order valence-corrected chi connectivity index (χ0v) is 15.7. The van der Waals surface area contributed by atoms with Crippen molar-refractivity contribution in [2.45, 2.75) is 59.0 Å². The van der Waals surface area contributed by atoms with E-state index < -0.39 is 5.60 Å². The van der Waals surface area contributed by atoms with Crippen molar-refractivity contribution in [3.8, 4) is 11.4 Å². The molecule has 2 aromatic rings. The van der Waals surface area contributed by atoms with Crippen molar-refractivity contribution in [3.05, 3.63) is 24.3 Å². The Balaban J connectivity index is 1.76. The Bertz CT molecular complexity index is 688. The first kappa shape index (κ1) is 19.0. The molecule has 136 valence electrons. The summed E-state index contributed by atoms with van der Waals surface area (Å²) in [5.41, 5.74) is 1.96. The first-order valence-corrected chi connectivity index (χ1v) is 8.62. The highest BCUT2D eigenvalue weighted by Crippen LogP contribution is 2.17. The number of carbonyl (C=O) groups excluding carboxylic acids is 1. The van der Waals surface area contributed by atoms with Gasteiger partial charge in [0.15, 0.2) is 0 Å². The van der Waals surface area contributed by atoms with Gasteiger partial charge in [0.1, 0.15) is 17.0 Å². The van der Waals surface area contributed by atoms with Crippen LogP contribution in [0.5, 0.6) is 0 Å². The van der Waals surface area contributed by atoms with Crippen molar-refractivity contribution in [2.75, 3.05) is 0 Å². The summed E-state index contributed by atoms with van der Waals surface area (Å²) >= 11 is 0. The Kier molecular flexibility index (Phi) is 6.22. The predicted molar refractivity (Wildman–Crippen MR) is 94.6 cm³/mol. The average Bonchev–Trinajstić information content (AvgIpc) is 2.96. The summed E-state index contributed by atoms with van der Waals surface area (Å²) < 4.78 is 6.97. The molecule has 0 N–H and O–H groups in total. The van der Waals surface area contributed by atoms with Crippen LogP contribution in [0, 0.1) is 5.92 Å². The highest BCUT2D eigenvalue weighted by molar-refractivity contribution is 5.69. The minimum absolute atomic E-state index is 0.132. The number of aromatic nitrogens is 5. The maximum Gasteiger partial charge on any atom is 0.306 e. The molecule has 7 nitrogen and oxygen atoms in total. The van der Waals surface area contributed by atoms with Crippen molar-refractivity contribution in [1.29, 1.82) is 0 Å². The summed E-state index contributed by atoms with van der Waals surface area (Å²) in [5.74, 6) is 0.293. The van der Waals surface area contributed by atoms with E-state index in [1.165, 1.54) is 0 Å². The quantitative estimate of drug-likeness (QED) is 0.718. The number of hydrogen-bond acceptors (Lipinski definition) is 6. The molecular weight excluding hydrogens is 318 g/mol. The van der Waals surface area contributed by atoms with Crippen LogP contribution in [-0.2, 0) is 23.0 Å². The Labute approximate surface area is 148 Å². The van der Waals surface area contributed by atoms with E-state index in [1.807, 2.05) is 34.0 Å². The lowest BCUT2D eigenvalue weighted by molar-refractivity contribution is -0.155. The summed E-state index contributed by atoms with van der Waals surface area (Å²) in [6.45, 7) is 7.80. The van der Waals surface area contributed by atoms with Gasteiger partial charge >= 0.3 is 5.97 Å². The van der Waals surface area contributed by atoms with E-state index in [9.17, 15) is 4.79 Å². The molecule has 0 bridgehead atoms. The molecule has 2 heterocycles. The number of carbonyl (C=O) groups is 1. The van der Waals surface area contributed by atoms with E-state index in [2.05, 4.69) is 27.2 Å².